The minimum Gasteiger partial charge on any atom is -0.314 e. The molecule has 140 heavy (non-hydrogen) atoms. The molecule has 0 aliphatic carbocycles. The highest BCUT2D eigenvalue weighted by Gasteiger charge is 2.42. The van der Waals surface area contributed by atoms with Gasteiger partial charge in [-0.2, -0.15) is 0 Å². The number of nitrogens with one attached hydrogen (secondary N) is 1. The molecule has 0 saturated carbocycles. The van der Waals surface area contributed by atoms with E-state index >= 15 is 0 Å². The van der Waals surface area contributed by atoms with E-state index in [2.05, 4.69) is 501 Å². The number of likely N-dealkylation sites (N-methyl/N-ethyl adjacent to an activating group) is 2. The summed E-state index contributed by atoms with van der Waals surface area (Å²) in [5.74, 6) is 0. The summed E-state index contributed by atoms with van der Waals surface area (Å²) in [6.45, 7) is 44.9. The van der Waals surface area contributed by atoms with Crippen molar-refractivity contribution < 1.29 is 17.9 Å². The lowest BCUT2D eigenvalue weighted by Crippen LogP contribution is -2.63. The van der Waals surface area contributed by atoms with Gasteiger partial charge in [0.2, 0.25) is 0 Å². The molecule has 0 heterocycles. The highest BCUT2D eigenvalue weighted by Crippen LogP contribution is 2.31. The number of quaternary nitrogens is 4. The Kier molecular flexibility index (Phi) is 47.1. The topological polar surface area (TPSA) is 31.5 Å². The normalized spacial score (nSPS) is 12.2. The number of hydrogen-bond acceptors (Lipinski definition) is 7. The molecule has 0 aromatic heterocycles. The molecule has 0 radical (unpaired) electrons. The molecular formula is C129H167N11+4. The van der Waals surface area contributed by atoms with E-state index in [4.69, 9.17) is 0 Å². The third-order valence-electron chi connectivity index (χ3n) is 27.9. The molecule has 1 unspecified atom stereocenters. The second-order valence-corrected chi connectivity index (χ2v) is 40.0. The lowest BCUT2D eigenvalue weighted by molar-refractivity contribution is -1.04. The van der Waals surface area contributed by atoms with Crippen LogP contribution in [-0.2, 0) is 91.6 Å². The molecule has 0 amide bonds. The number of rotatable bonds is 61. The number of benzene rings is 14. The molecule has 0 bridgehead atoms. The molecule has 11 heteroatoms. The highest BCUT2D eigenvalue weighted by molar-refractivity contribution is 5.25. The Bertz CT molecular complexity index is 5230. The third-order valence-corrected chi connectivity index (χ3v) is 27.9. The maximum absolute atomic E-state index is 3.61. The number of nitrogens with zero attached hydrogens (tertiary/aromatic N) is 10. The SMILES string of the molecule is CCCCN(CCNCc1ccccc1)CCN(CCC)Cc1ccccc1.CCCN(CCN(CCN(C)Cc1ccccc1)CCN(Cc1ccccc1)Cc1ccccc1)Cc1ccccc1.CCC[N+](CC[N+](CC[N+](C)(Cc1ccccc1)Cc1ccccc1)(CC[N+](Cc1ccccc1)(Cc1ccccc1)Cc1ccccc1)Cc1ccccc1)(Cc1ccccc1)Cc1ccccc1. The Balaban J connectivity index is 0.000000211. The summed E-state index contributed by atoms with van der Waals surface area (Å²) in [5, 5.41) is 3.61. The monoisotopic (exact) mass is 1870 g/mol. The van der Waals surface area contributed by atoms with Crippen LogP contribution in [0.4, 0.5) is 0 Å². The zero-order valence-electron chi connectivity index (χ0n) is 86.0. The molecule has 0 fully saturated rings. The second kappa shape index (κ2) is 61.4. The standard InChI is InChI=1S/C66H78N4.C38H50N4.C25H39N3/c1-3-44-69(54-62-34-18-7-19-35-62,55-63-36-20-8-21-37-63)49-47-68(53-61-32-16-6-17-33-61,46-45-67(2,51-59-28-12-4-13-29-59)52-60-30-14-5-15-31-60)48-50-70(56-64-38-22-9-23-39-64,57-65-40-24-10-25-41-65)58-66-42-26-11-27-43-66;1-3-24-41(32-36-18-10-5-11-19-36)29-27-40(26-25-39(2)31-35-16-8-4-9-17-35)28-30-42(33-37-20-12-6-13-21-37)34-38-22-14-7-15-23-38;1-3-5-18-27(19-16-26-22-24-12-8-6-9-13-24)20-21-28(17-4-2)23-25-14-10-7-11-15-25/h4-43H,3,44-58H2,1-2H3;4-23H,3,24-34H2,1-2H3;6-15,26H,3-5,16-23H2,1-2H3/q+4;;. The van der Waals surface area contributed by atoms with E-state index < -0.39 is 0 Å². The van der Waals surface area contributed by atoms with Gasteiger partial charge in [-0.15, -0.1) is 0 Å². The van der Waals surface area contributed by atoms with Gasteiger partial charge in [0.05, 0.1) is 13.6 Å². The lowest BCUT2D eigenvalue weighted by Gasteiger charge is -2.47. The molecule has 0 aliphatic rings. The van der Waals surface area contributed by atoms with Crippen molar-refractivity contribution in [3.63, 3.8) is 0 Å². The first-order chi connectivity index (χ1) is 68.8. The maximum Gasteiger partial charge on any atom is 0.129 e. The Morgan fingerprint density at radius 2 is 0.421 bits per heavy atom. The molecule has 0 aliphatic heterocycles. The molecule has 0 saturated heterocycles. The lowest BCUT2D eigenvalue weighted by atomic mass is 10.1. The van der Waals surface area contributed by atoms with Gasteiger partial charge in [0.25, 0.3) is 0 Å². The van der Waals surface area contributed by atoms with Crippen LogP contribution >= 0.6 is 0 Å². The summed E-state index contributed by atoms with van der Waals surface area (Å²) < 4.78 is 3.91. The van der Waals surface area contributed by atoms with Gasteiger partial charge in [-0.25, -0.2) is 0 Å². The fourth-order valence-electron chi connectivity index (χ4n) is 20.3. The molecule has 14 aromatic rings. The van der Waals surface area contributed by atoms with Crippen LogP contribution in [-0.4, -0.2) is 192 Å². The van der Waals surface area contributed by atoms with Gasteiger partial charge < -0.3 is 33.0 Å². The minimum absolute atomic E-state index is 0.934. The molecular weight excluding hydrogens is 1700 g/mol. The molecule has 11 nitrogen and oxygen atoms in total. The van der Waals surface area contributed by atoms with E-state index in [9.17, 15) is 0 Å². The van der Waals surface area contributed by atoms with Crippen molar-refractivity contribution in [2.24, 2.45) is 0 Å². The first kappa shape index (κ1) is 107. The van der Waals surface area contributed by atoms with Crippen LogP contribution in [0.5, 0.6) is 0 Å². The summed E-state index contributed by atoms with van der Waals surface area (Å²) in [6, 6.07) is 156. The molecule has 1 atom stereocenters. The highest BCUT2D eigenvalue weighted by atomic mass is 15.5. The summed E-state index contributed by atoms with van der Waals surface area (Å²) in [5.41, 5.74) is 19.6. The van der Waals surface area contributed by atoms with Crippen LogP contribution in [0.3, 0.4) is 0 Å². The van der Waals surface area contributed by atoms with Crippen LogP contribution in [0.25, 0.3) is 0 Å². The average molecular weight is 1870 g/mol. The maximum atomic E-state index is 3.61. The van der Waals surface area contributed by atoms with E-state index in [1.165, 1.54) is 117 Å². The van der Waals surface area contributed by atoms with Crippen LogP contribution in [0.1, 0.15) is 138 Å². The molecule has 14 rings (SSSR count). The first-order valence-electron chi connectivity index (χ1n) is 52.7. The third kappa shape index (κ3) is 40.3. The van der Waals surface area contributed by atoms with Gasteiger partial charge in [-0.05, 0) is 85.7 Å². The summed E-state index contributed by atoms with van der Waals surface area (Å²) in [7, 11) is 4.78. The van der Waals surface area contributed by atoms with Crippen LogP contribution < -0.4 is 5.32 Å². The summed E-state index contributed by atoms with van der Waals surface area (Å²) >= 11 is 0. The van der Waals surface area contributed by atoms with Crippen molar-refractivity contribution >= 4 is 0 Å². The van der Waals surface area contributed by atoms with Crippen molar-refractivity contribution in [2.45, 2.75) is 151 Å². The van der Waals surface area contributed by atoms with Crippen LogP contribution in [0.15, 0.2) is 425 Å². The van der Waals surface area contributed by atoms with Crippen molar-refractivity contribution in [1.82, 2.24) is 34.7 Å². The molecule has 1 N–H and O–H groups in total. The van der Waals surface area contributed by atoms with Gasteiger partial charge in [-0.3, -0.25) is 19.6 Å². The van der Waals surface area contributed by atoms with Gasteiger partial charge in [0.15, 0.2) is 0 Å². The van der Waals surface area contributed by atoms with Crippen LogP contribution in [0, 0.1) is 0 Å². The fourth-order valence-corrected chi connectivity index (χ4v) is 20.3. The quantitative estimate of drug-likeness (QED) is 0.0300. The second-order valence-electron chi connectivity index (χ2n) is 40.0. The van der Waals surface area contributed by atoms with Gasteiger partial charge in [0.1, 0.15) is 91.6 Å². The average Bonchev–Trinajstić information content (AvgIpc) is 0.786. The van der Waals surface area contributed by atoms with Crippen LogP contribution in [0.2, 0.25) is 0 Å². The van der Waals surface area contributed by atoms with Crippen molar-refractivity contribution in [3.8, 4) is 0 Å². The van der Waals surface area contributed by atoms with Gasteiger partial charge >= 0.3 is 0 Å². The van der Waals surface area contributed by atoms with E-state index in [0.717, 1.165) is 234 Å². The minimum atomic E-state index is 0.934. The van der Waals surface area contributed by atoms with Crippen molar-refractivity contribution in [3.05, 3.63) is 503 Å². The molecule has 734 valence electrons. The number of hydrogen-bond donors (Lipinski definition) is 1. The largest absolute Gasteiger partial charge is 0.314 e. The van der Waals surface area contributed by atoms with E-state index in [0.29, 0.717) is 0 Å². The van der Waals surface area contributed by atoms with E-state index in [1.54, 1.807) is 0 Å². The first-order valence-corrected chi connectivity index (χ1v) is 52.7. The zero-order valence-corrected chi connectivity index (χ0v) is 86.0. The summed E-state index contributed by atoms with van der Waals surface area (Å²) in [4.78, 5) is 15.6. The van der Waals surface area contributed by atoms with E-state index in [1.807, 2.05) is 0 Å². The Morgan fingerprint density at radius 1 is 0.186 bits per heavy atom. The smallest absolute Gasteiger partial charge is 0.129 e. The number of unbranched alkanes of at least 4 members (excludes halogenated alkanes) is 1. The zero-order chi connectivity index (χ0) is 97.3. The molecule has 14 aromatic carbocycles. The fraction of sp³-hybridized carbons (Fsp3) is 0.349. The van der Waals surface area contributed by atoms with Gasteiger partial charge in [0, 0.05) is 149 Å². The van der Waals surface area contributed by atoms with Gasteiger partial charge in [-0.1, -0.05) is 459 Å². The van der Waals surface area contributed by atoms with E-state index in [-0.39, 0.29) is 0 Å². The Morgan fingerprint density at radius 3 is 0.736 bits per heavy atom. The summed E-state index contributed by atoms with van der Waals surface area (Å²) in [6.07, 6.45) is 6.06. The van der Waals surface area contributed by atoms with Crippen molar-refractivity contribution in [2.75, 3.05) is 145 Å². The predicted octanol–water partition coefficient (Wildman–Crippen LogP) is 25.7. The molecule has 0 spiro atoms. The Hall–Kier alpha value is -11.4. The predicted molar refractivity (Wildman–Crippen MR) is 592 cm³/mol. The Labute approximate surface area is 846 Å². The van der Waals surface area contributed by atoms with Crippen molar-refractivity contribution in [1.29, 1.82) is 0 Å².